The third-order valence-electron chi connectivity index (χ3n) is 7.31. The minimum atomic E-state index is -0.350. The maximum absolute atomic E-state index is 11.9. The van der Waals surface area contributed by atoms with Crippen molar-refractivity contribution in [1.82, 2.24) is 0 Å². The molecule has 37 heavy (non-hydrogen) atoms. The highest BCUT2D eigenvalue weighted by molar-refractivity contribution is 5.85. The number of ether oxygens (including phenoxy) is 1. The number of aliphatic hydroxyl groups excluding tert-OH is 2. The Morgan fingerprint density at radius 2 is 0.514 bits per heavy atom. The number of esters is 2. The fourth-order valence-electron chi connectivity index (χ4n) is 4.88. The first kappa shape index (κ1) is 36.1. The Balaban J connectivity index is 3.28. The zero-order valence-corrected chi connectivity index (χ0v) is 24.3. The summed E-state index contributed by atoms with van der Waals surface area (Å²) in [5, 5.41) is 17.5. The highest BCUT2D eigenvalue weighted by atomic mass is 16.6. The number of carbonyl (C=O) groups excluding carboxylic acids is 2. The molecule has 0 aromatic rings. The molecule has 0 aliphatic rings. The van der Waals surface area contributed by atoms with Crippen LogP contribution in [0.3, 0.4) is 0 Å². The van der Waals surface area contributed by atoms with Crippen molar-refractivity contribution in [2.45, 2.75) is 180 Å². The number of aliphatic hydroxyl groups is 2. The lowest BCUT2D eigenvalue weighted by Gasteiger charge is -2.05. The monoisotopic (exact) mass is 526 g/mol. The second-order valence-electron chi connectivity index (χ2n) is 11.0. The Morgan fingerprint density at radius 1 is 0.324 bits per heavy atom. The number of unbranched alkanes of at least 4 members (excludes halogenated alkanes) is 24. The normalized spacial score (nSPS) is 11.2. The van der Waals surface area contributed by atoms with E-state index in [0.717, 1.165) is 64.2 Å². The fraction of sp³-hybridized carbons (Fsp3) is 0.938. The quantitative estimate of drug-likeness (QED) is 0.0554. The van der Waals surface area contributed by atoms with Crippen LogP contribution >= 0.6 is 0 Å². The van der Waals surface area contributed by atoms with Gasteiger partial charge in [0.1, 0.15) is 0 Å². The van der Waals surface area contributed by atoms with Gasteiger partial charge in [-0.2, -0.15) is 0 Å². The van der Waals surface area contributed by atoms with E-state index in [-0.39, 0.29) is 11.9 Å². The largest absolute Gasteiger partial charge is 0.396 e. The summed E-state index contributed by atoms with van der Waals surface area (Å²) in [6.07, 6.45) is 31.7. The van der Waals surface area contributed by atoms with Crippen molar-refractivity contribution >= 4 is 11.9 Å². The van der Waals surface area contributed by atoms with Crippen LogP contribution in [0.25, 0.3) is 0 Å². The molecule has 0 rings (SSSR count). The van der Waals surface area contributed by atoms with Gasteiger partial charge in [0.2, 0.25) is 0 Å². The van der Waals surface area contributed by atoms with Crippen LogP contribution in [-0.2, 0) is 14.3 Å². The van der Waals surface area contributed by atoms with E-state index in [9.17, 15) is 9.59 Å². The van der Waals surface area contributed by atoms with E-state index < -0.39 is 0 Å². The Morgan fingerprint density at radius 3 is 0.730 bits per heavy atom. The molecular formula is C32H62O5. The minimum absolute atomic E-state index is 0.329. The maximum atomic E-state index is 11.9. The number of carbonyl (C=O) groups is 2. The summed E-state index contributed by atoms with van der Waals surface area (Å²) in [6, 6.07) is 0. The topological polar surface area (TPSA) is 83.8 Å². The Bertz CT molecular complexity index is 438. The van der Waals surface area contributed by atoms with E-state index in [1.807, 2.05) is 0 Å². The Kier molecular flexibility index (Phi) is 30.5. The first-order chi connectivity index (χ1) is 18.2. The molecule has 0 atom stereocenters. The van der Waals surface area contributed by atoms with Crippen molar-refractivity contribution < 1.29 is 24.5 Å². The molecule has 0 aromatic heterocycles. The van der Waals surface area contributed by atoms with Gasteiger partial charge in [0.05, 0.1) is 0 Å². The SMILES string of the molecule is O=C(CCCCCCCCCCCCCCCO)OC(=O)CCCCCCCCCCCCCCCO. The lowest BCUT2D eigenvalue weighted by Crippen LogP contribution is -2.11. The van der Waals surface area contributed by atoms with Gasteiger partial charge >= 0.3 is 11.9 Å². The second-order valence-corrected chi connectivity index (χ2v) is 11.0. The highest BCUT2D eigenvalue weighted by Crippen LogP contribution is 2.15. The van der Waals surface area contributed by atoms with Crippen LogP contribution in [0.15, 0.2) is 0 Å². The van der Waals surface area contributed by atoms with Crippen molar-refractivity contribution in [3.63, 3.8) is 0 Å². The summed E-state index contributed by atoms with van der Waals surface area (Å²) in [7, 11) is 0. The van der Waals surface area contributed by atoms with Gasteiger partial charge in [-0.25, -0.2) is 0 Å². The molecule has 5 nitrogen and oxygen atoms in total. The first-order valence-electron chi connectivity index (χ1n) is 16.2. The molecule has 5 heteroatoms. The number of rotatable bonds is 30. The van der Waals surface area contributed by atoms with E-state index in [0.29, 0.717) is 26.1 Å². The average molecular weight is 527 g/mol. The fourth-order valence-corrected chi connectivity index (χ4v) is 4.88. The summed E-state index contributed by atoms with van der Waals surface area (Å²) >= 11 is 0. The average Bonchev–Trinajstić information content (AvgIpc) is 2.89. The summed E-state index contributed by atoms with van der Waals surface area (Å²) in [5.41, 5.74) is 0. The zero-order valence-electron chi connectivity index (χ0n) is 24.3. The van der Waals surface area contributed by atoms with E-state index in [4.69, 9.17) is 14.9 Å². The predicted molar refractivity (Wildman–Crippen MR) is 155 cm³/mol. The van der Waals surface area contributed by atoms with E-state index in [2.05, 4.69) is 0 Å². The smallest absolute Gasteiger partial charge is 0.313 e. The number of hydrogen-bond acceptors (Lipinski definition) is 5. The molecule has 0 amide bonds. The van der Waals surface area contributed by atoms with Crippen molar-refractivity contribution in [2.75, 3.05) is 13.2 Å². The molecule has 0 fully saturated rings. The van der Waals surface area contributed by atoms with Crippen molar-refractivity contribution in [2.24, 2.45) is 0 Å². The molecule has 0 radical (unpaired) electrons. The third-order valence-corrected chi connectivity index (χ3v) is 7.31. The highest BCUT2D eigenvalue weighted by Gasteiger charge is 2.09. The van der Waals surface area contributed by atoms with Crippen molar-refractivity contribution in [1.29, 1.82) is 0 Å². The van der Waals surface area contributed by atoms with Gasteiger partial charge in [0, 0.05) is 26.1 Å². The maximum Gasteiger partial charge on any atom is 0.313 e. The number of hydrogen-bond donors (Lipinski definition) is 2. The Hall–Kier alpha value is -0.940. The molecule has 0 spiro atoms. The lowest BCUT2D eigenvalue weighted by atomic mass is 10.0. The van der Waals surface area contributed by atoms with Crippen LogP contribution in [-0.4, -0.2) is 35.4 Å². The van der Waals surface area contributed by atoms with Gasteiger partial charge in [-0.15, -0.1) is 0 Å². The van der Waals surface area contributed by atoms with E-state index in [1.165, 1.54) is 103 Å². The Labute approximate surface area is 229 Å². The van der Waals surface area contributed by atoms with Crippen LogP contribution in [0.4, 0.5) is 0 Å². The van der Waals surface area contributed by atoms with Crippen molar-refractivity contribution in [3.05, 3.63) is 0 Å². The van der Waals surface area contributed by atoms with Gasteiger partial charge in [-0.3, -0.25) is 9.59 Å². The molecule has 0 saturated heterocycles. The molecule has 0 heterocycles. The third kappa shape index (κ3) is 31.2. The summed E-state index contributed by atoms with van der Waals surface area (Å²) in [6.45, 7) is 0.658. The van der Waals surface area contributed by atoms with Gasteiger partial charge < -0.3 is 14.9 Å². The van der Waals surface area contributed by atoms with Gasteiger partial charge in [-0.1, -0.05) is 141 Å². The van der Waals surface area contributed by atoms with Crippen LogP contribution < -0.4 is 0 Å². The van der Waals surface area contributed by atoms with Crippen LogP contribution in [0.5, 0.6) is 0 Å². The molecule has 0 unspecified atom stereocenters. The molecule has 0 aliphatic heterocycles. The van der Waals surface area contributed by atoms with Crippen molar-refractivity contribution in [3.8, 4) is 0 Å². The summed E-state index contributed by atoms with van der Waals surface area (Å²) < 4.78 is 4.97. The van der Waals surface area contributed by atoms with Crippen LogP contribution in [0.1, 0.15) is 180 Å². The zero-order chi connectivity index (χ0) is 27.1. The molecule has 0 saturated carbocycles. The van der Waals surface area contributed by atoms with Gasteiger partial charge in [0.15, 0.2) is 0 Å². The second kappa shape index (κ2) is 31.3. The standard InChI is InChI=1S/C32H62O5/c33-29-25-21-17-13-9-5-1-3-7-11-15-19-23-27-31(35)37-32(36)28-24-20-16-12-8-4-2-6-10-14-18-22-26-30-34/h33-34H,1-30H2. The molecule has 0 aliphatic carbocycles. The van der Waals surface area contributed by atoms with Crippen LogP contribution in [0, 0.1) is 0 Å². The van der Waals surface area contributed by atoms with Crippen LogP contribution in [0.2, 0.25) is 0 Å². The lowest BCUT2D eigenvalue weighted by molar-refractivity contribution is -0.159. The van der Waals surface area contributed by atoms with Gasteiger partial charge in [-0.05, 0) is 25.7 Å². The molecule has 2 N–H and O–H groups in total. The first-order valence-corrected chi connectivity index (χ1v) is 16.2. The molecule has 0 bridgehead atoms. The molecular weight excluding hydrogens is 464 g/mol. The minimum Gasteiger partial charge on any atom is -0.396 e. The van der Waals surface area contributed by atoms with E-state index in [1.54, 1.807) is 0 Å². The van der Waals surface area contributed by atoms with Gasteiger partial charge in [0.25, 0.3) is 0 Å². The van der Waals surface area contributed by atoms with E-state index >= 15 is 0 Å². The summed E-state index contributed by atoms with van der Waals surface area (Å²) in [5.74, 6) is -0.699. The predicted octanol–water partition coefficient (Wildman–Crippen LogP) is 8.96. The summed E-state index contributed by atoms with van der Waals surface area (Å²) in [4.78, 5) is 23.7. The molecule has 220 valence electrons. The molecule has 0 aromatic carbocycles.